The zero-order chi connectivity index (χ0) is 14.4. The van der Waals surface area contributed by atoms with E-state index in [0.29, 0.717) is 5.56 Å². The van der Waals surface area contributed by atoms with Crippen LogP contribution in [0.2, 0.25) is 0 Å². The van der Waals surface area contributed by atoms with Gasteiger partial charge in [-0.1, -0.05) is 0 Å². The second-order valence-electron chi connectivity index (χ2n) is 4.02. The summed E-state index contributed by atoms with van der Waals surface area (Å²) in [5, 5.41) is 11.7. The summed E-state index contributed by atoms with van der Waals surface area (Å²) in [5.41, 5.74) is 5.84. The first-order chi connectivity index (χ1) is 8.90. The lowest BCUT2D eigenvalue weighted by molar-refractivity contribution is -0.0498. The van der Waals surface area contributed by atoms with Crippen LogP contribution in [-0.4, -0.2) is 36.3 Å². The van der Waals surface area contributed by atoms with Gasteiger partial charge in [0.15, 0.2) is 0 Å². The maximum Gasteiger partial charge on any atom is 0.387 e. The molecular formula is C12H16F2N2O3. The molecule has 2 unspecified atom stereocenters. The molecule has 4 N–H and O–H groups in total. The van der Waals surface area contributed by atoms with Gasteiger partial charge in [-0.3, -0.25) is 4.79 Å². The molecule has 0 aliphatic heterocycles. The van der Waals surface area contributed by atoms with Gasteiger partial charge in [0.05, 0.1) is 6.10 Å². The number of nitrogens with one attached hydrogen (secondary N) is 1. The molecule has 0 saturated heterocycles. The summed E-state index contributed by atoms with van der Waals surface area (Å²) in [6, 6.07) is 4.71. The molecule has 0 aromatic heterocycles. The Balaban J connectivity index is 2.53. The van der Waals surface area contributed by atoms with Crippen LogP contribution in [0.3, 0.4) is 0 Å². The Bertz CT molecular complexity index is 410. The van der Waals surface area contributed by atoms with Gasteiger partial charge in [-0.25, -0.2) is 0 Å². The molecule has 0 fully saturated rings. The van der Waals surface area contributed by atoms with Crippen LogP contribution in [0.1, 0.15) is 17.3 Å². The van der Waals surface area contributed by atoms with Crippen molar-refractivity contribution in [1.29, 1.82) is 0 Å². The predicted octanol–water partition coefficient (Wildman–Crippen LogP) is 0.726. The molecule has 0 radical (unpaired) electrons. The van der Waals surface area contributed by atoms with E-state index in [1.165, 1.54) is 31.2 Å². The Hall–Kier alpha value is -1.73. The van der Waals surface area contributed by atoms with Crippen molar-refractivity contribution in [3.63, 3.8) is 0 Å². The highest BCUT2D eigenvalue weighted by atomic mass is 19.3. The minimum absolute atomic E-state index is 0.0211. The first-order valence-electron chi connectivity index (χ1n) is 5.67. The summed E-state index contributed by atoms with van der Waals surface area (Å²) in [6.07, 6.45) is -0.734. The van der Waals surface area contributed by atoms with Gasteiger partial charge in [0, 0.05) is 18.2 Å². The Labute approximate surface area is 109 Å². The average molecular weight is 274 g/mol. The molecule has 106 valence electrons. The highest BCUT2D eigenvalue weighted by Gasteiger charge is 2.12. The van der Waals surface area contributed by atoms with Gasteiger partial charge in [0.25, 0.3) is 5.91 Å². The van der Waals surface area contributed by atoms with Gasteiger partial charge in [-0.15, -0.1) is 0 Å². The fourth-order valence-electron chi connectivity index (χ4n) is 1.27. The number of hydrogen-bond acceptors (Lipinski definition) is 4. The second-order valence-corrected chi connectivity index (χ2v) is 4.02. The quantitative estimate of drug-likeness (QED) is 0.714. The van der Waals surface area contributed by atoms with Crippen molar-refractivity contribution in [2.45, 2.75) is 25.7 Å². The molecule has 0 aliphatic carbocycles. The number of alkyl halides is 2. The van der Waals surface area contributed by atoms with E-state index >= 15 is 0 Å². The number of carbonyl (C=O) groups is 1. The van der Waals surface area contributed by atoms with Crippen LogP contribution >= 0.6 is 0 Å². The molecule has 0 bridgehead atoms. The Morgan fingerprint density at radius 1 is 1.42 bits per heavy atom. The Morgan fingerprint density at radius 2 is 2.00 bits per heavy atom. The molecule has 1 aromatic rings. The average Bonchev–Trinajstić information content (AvgIpc) is 2.35. The summed E-state index contributed by atoms with van der Waals surface area (Å²) in [6.45, 7) is -1.26. The molecule has 0 aliphatic rings. The summed E-state index contributed by atoms with van der Waals surface area (Å²) in [4.78, 5) is 11.7. The number of hydrogen-bond donors (Lipinski definition) is 3. The summed E-state index contributed by atoms with van der Waals surface area (Å²) in [7, 11) is 0. The molecule has 0 heterocycles. The molecule has 19 heavy (non-hydrogen) atoms. The smallest absolute Gasteiger partial charge is 0.387 e. The zero-order valence-electron chi connectivity index (χ0n) is 10.3. The Morgan fingerprint density at radius 3 is 2.47 bits per heavy atom. The van der Waals surface area contributed by atoms with Gasteiger partial charge in [0.1, 0.15) is 5.75 Å². The maximum atomic E-state index is 11.9. The monoisotopic (exact) mass is 274 g/mol. The van der Waals surface area contributed by atoms with E-state index in [1.807, 2.05) is 0 Å². The minimum atomic E-state index is -2.90. The lowest BCUT2D eigenvalue weighted by Crippen LogP contribution is -2.43. The molecule has 1 aromatic carbocycles. The minimum Gasteiger partial charge on any atom is -0.435 e. The van der Waals surface area contributed by atoms with Crippen molar-refractivity contribution in [2.75, 3.05) is 6.54 Å². The third-order valence-electron chi connectivity index (χ3n) is 2.46. The van der Waals surface area contributed by atoms with E-state index in [9.17, 15) is 13.6 Å². The highest BCUT2D eigenvalue weighted by molar-refractivity contribution is 5.94. The van der Waals surface area contributed by atoms with Gasteiger partial charge in [-0.2, -0.15) is 8.78 Å². The van der Waals surface area contributed by atoms with Crippen LogP contribution in [0.5, 0.6) is 5.75 Å². The first-order valence-corrected chi connectivity index (χ1v) is 5.67. The van der Waals surface area contributed by atoms with Gasteiger partial charge >= 0.3 is 6.61 Å². The number of nitrogens with two attached hydrogens (primary N) is 1. The second kappa shape index (κ2) is 7.01. The van der Waals surface area contributed by atoms with Crippen molar-refractivity contribution in [3.05, 3.63) is 29.8 Å². The summed E-state index contributed by atoms with van der Waals surface area (Å²) >= 11 is 0. The van der Waals surface area contributed by atoms with Crippen molar-refractivity contribution < 1.29 is 23.4 Å². The van der Waals surface area contributed by atoms with Gasteiger partial charge in [0.2, 0.25) is 0 Å². The molecule has 7 heteroatoms. The molecule has 1 rings (SSSR count). The summed E-state index contributed by atoms with van der Waals surface area (Å²) < 4.78 is 28.0. The van der Waals surface area contributed by atoms with Crippen LogP contribution in [0.25, 0.3) is 0 Å². The molecule has 1 amide bonds. The van der Waals surface area contributed by atoms with Crippen LogP contribution in [0.15, 0.2) is 24.3 Å². The largest absolute Gasteiger partial charge is 0.435 e. The third kappa shape index (κ3) is 5.19. The van der Waals surface area contributed by atoms with Crippen LogP contribution in [0.4, 0.5) is 8.78 Å². The van der Waals surface area contributed by atoms with Crippen LogP contribution in [0, 0.1) is 0 Å². The number of aliphatic hydroxyl groups is 1. The van der Waals surface area contributed by atoms with E-state index in [0.717, 1.165) is 0 Å². The van der Waals surface area contributed by atoms with Crippen molar-refractivity contribution in [2.24, 2.45) is 5.73 Å². The Kier molecular flexibility index (Phi) is 5.65. The number of rotatable bonds is 6. The number of aliphatic hydroxyl groups excluding tert-OH is 1. The van der Waals surface area contributed by atoms with Crippen molar-refractivity contribution in [3.8, 4) is 5.75 Å². The van der Waals surface area contributed by atoms with Crippen LogP contribution < -0.4 is 15.8 Å². The fourth-order valence-corrected chi connectivity index (χ4v) is 1.27. The molecular weight excluding hydrogens is 258 g/mol. The SMILES string of the molecule is CC(O)C(N)CNC(=O)c1ccc(OC(F)F)cc1. The maximum absolute atomic E-state index is 11.9. The van der Waals surface area contributed by atoms with E-state index in [4.69, 9.17) is 10.8 Å². The van der Waals surface area contributed by atoms with Crippen LogP contribution in [-0.2, 0) is 0 Å². The number of benzene rings is 1. The predicted molar refractivity (Wildman–Crippen MR) is 65.1 cm³/mol. The first kappa shape index (κ1) is 15.3. The molecule has 2 atom stereocenters. The van der Waals surface area contributed by atoms with Crippen molar-refractivity contribution in [1.82, 2.24) is 5.32 Å². The van der Waals surface area contributed by atoms with E-state index in [2.05, 4.69) is 10.1 Å². The van der Waals surface area contributed by atoms with Crippen molar-refractivity contribution >= 4 is 5.91 Å². The zero-order valence-corrected chi connectivity index (χ0v) is 10.3. The third-order valence-corrected chi connectivity index (χ3v) is 2.46. The standard InChI is InChI=1S/C12H16F2N2O3/c1-7(17)10(15)6-16-11(18)8-2-4-9(5-3-8)19-12(13)14/h2-5,7,10,12,17H,6,15H2,1H3,(H,16,18). The van der Waals surface area contributed by atoms with Gasteiger partial charge in [-0.05, 0) is 31.2 Å². The molecule has 5 nitrogen and oxygen atoms in total. The number of amides is 1. The lowest BCUT2D eigenvalue weighted by atomic mass is 10.1. The molecule has 0 spiro atoms. The van der Waals surface area contributed by atoms with Gasteiger partial charge < -0.3 is 20.9 Å². The fraction of sp³-hybridized carbons (Fsp3) is 0.417. The van der Waals surface area contributed by atoms with E-state index in [1.54, 1.807) is 0 Å². The number of halogens is 2. The highest BCUT2D eigenvalue weighted by Crippen LogP contribution is 2.14. The normalized spacial score (nSPS) is 14.0. The molecule has 0 saturated carbocycles. The number of carbonyl (C=O) groups excluding carboxylic acids is 1. The summed E-state index contributed by atoms with van der Waals surface area (Å²) in [5.74, 6) is -0.424. The lowest BCUT2D eigenvalue weighted by Gasteiger charge is -2.15. The van der Waals surface area contributed by atoms with E-state index < -0.39 is 24.7 Å². The van der Waals surface area contributed by atoms with E-state index in [-0.39, 0.29) is 12.3 Å². The topological polar surface area (TPSA) is 84.6 Å². The number of ether oxygens (including phenoxy) is 1.